The van der Waals surface area contributed by atoms with Crippen LogP contribution < -0.4 is 4.74 Å². The highest BCUT2D eigenvalue weighted by Crippen LogP contribution is 2.25. The summed E-state index contributed by atoms with van der Waals surface area (Å²) in [6.07, 6.45) is 0.665. The zero-order chi connectivity index (χ0) is 21.7. The molecule has 0 saturated carbocycles. The van der Waals surface area contributed by atoms with Gasteiger partial charge in [-0.05, 0) is 47.9 Å². The molecule has 7 heteroatoms. The number of carbonyl (C=O) groups excluding carboxylic acids is 1. The van der Waals surface area contributed by atoms with Crippen molar-refractivity contribution >= 4 is 16.0 Å². The third-order valence-corrected chi connectivity index (χ3v) is 6.97. The van der Waals surface area contributed by atoms with Gasteiger partial charge in [-0.3, -0.25) is 0 Å². The van der Waals surface area contributed by atoms with Gasteiger partial charge in [-0.15, -0.1) is 0 Å². The van der Waals surface area contributed by atoms with Crippen molar-refractivity contribution in [3.63, 3.8) is 0 Å². The molecule has 4 rings (SSSR count). The number of hydrogen-bond acceptors (Lipinski definition) is 5. The summed E-state index contributed by atoms with van der Waals surface area (Å²) in [6, 6.07) is 23.0. The third kappa shape index (κ3) is 4.95. The lowest BCUT2D eigenvalue weighted by Gasteiger charge is -2.28. The van der Waals surface area contributed by atoms with E-state index in [-0.39, 0.29) is 23.7 Å². The highest BCUT2D eigenvalue weighted by molar-refractivity contribution is 7.89. The Morgan fingerprint density at radius 2 is 1.61 bits per heavy atom. The number of fused-ring (bicyclic) bond motifs is 1. The number of rotatable bonds is 7. The number of nitrogens with zero attached hydrogens (tertiary/aromatic N) is 1. The van der Waals surface area contributed by atoms with E-state index in [4.69, 9.17) is 9.47 Å². The van der Waals surface area contributed by atoms with E-state index in [2.05, 4.69) is 0 Å². The number of benzene rings is 3. The van der Waals surface area contributed by atoms with Crippen molar-refractivity contribution < 1.29 is 22.7 Å². The molecule has 3 aromatic carbocycles. The van der Waals surface area contributed by atoms with Gasteiger partial charge in [-0.25, -0.2) is 13.2 Å². The largest absolute Gasteiger partial charge is 0.490 e. The monoisotopic (exact) mass is 437 g/mol. The first-order valence-corrected chi connectivity index (χ1v) is 11.5. The van der Waals surface area contributed by atoms with E-state index in [1.165, 1.54) is 22.0 Å². The predicted octanol–water partition coefficient (Wildman–Crippen LogP) is 3.67. The minimum atomic E-state index is -3.72. The van der Waals surface area contributed by atoms with Crippen LogP contribution in [0.25, 0.3) is 0 Å². The Kier molecular flexibility index (Phi) is 6.34. The lowest BCUT2D eigenvalue weighted by atomic mass is 10.0. The number of ether oxygens (including phenoxy) is 2. The molecule has 160 valence electrons. The molecule has 0 N–H and O–H groups in total. The first-order valence-electron chi connectivity index (χ1n) is 10.1. The zero-order valence-corrected chi connectivity index (χ0v) is 17.8. The summed E-state index contributed by atoms with van der Waals surface area (Å²) in [5.74, 6) is 0.104. The summed E-state index contributed by atoms with van der Waals surface area (Å²) in [5, 5.41) is 0. The van der Waals surface area contributed by atoms with E-state index in [1.807, 2.05) is 54.6 Å². The van der Waals surface area contributed by atoms with Gasteiger partial charge < -0.3 is 9.47 Å². The van der Waals surface area contributed by atoms with Gasteiger partial charge >= 0.3 is 5.97 Å². The number of hydrogen-bond donors (Lipinski definition) is 0. The van der Waals surface area contributed by atoms with Crippen molar-refractivity contribution in [1.29, 1.82) is 0 Å². The average Bonchev–Trinajstić information content (AvgIpc) is 2.82. The van der Waals surface area contributed by atoms with Crippen molar-refractivity contribution in [3.8, 4) is 5.75 Å². The van der Waals surface area contributed by atoms with Crippen molar-refractivity contribution in [2.75, 3.05) is 19.8 Å². The number of carbonyl (C=O) groups is 1. The van der Waals surface area contributed by atoms with Crippen LogP contribution in [0.2, 0.25) is 0 Å². The van der Waals surface area contributed by atoms with Gasteiger partial charge in [0.2, 0.25) is 10.0 Å². The molecule has 31 heavy (non-hydrogen) atoms. The van der Waals surface area contributed by atoms with Crippen LogP contribution in [0, 0.1) is 0 Å². The average molecular weight is 438 g/mol. The molecule has 0 aliphatic carbocycles. The lowest BCUT2D eigenvalue weighted by Crippen LogP contribution is -2.36. The molecule has 1 aliphatic rings. The standard InChI is InChI=1S/C24H23NO5S/c26-24(30-16-15-29-22-10-2-1-3-11-22)20-9-6-12-23(17-20)31(27,28)25-14-13-19-7-4-5-8-21(19)18-25/h1-12,17H,13-16,18H2. The zero-order valence-electron chi connectivity index (χ0n) is 16.9. The smallest absolute Gasteiger partial charge is 0.338 e. The van der Waals surface area contributed by atoms with Crippen LogP contribution in [0.3, 0.4) is 0 Å². The molecular formula is C24H23NO5S. The normalized spacial score (nSPS) is 13.9. The second-order valence-electron chi connectivity index (χ2n) is 7.18. The fourth-order valence-electron chi connectivity index (χ4n) is 3.50. The van der Waals surface area contributed by atoms with Crippen LogP contribution >= 0.6 is 0 Å². The Labute approximate surface area is 182 Å². The first-order chi connectivity index (χ1) is 15.0. The SMILES string of the molecule is O=C(OCCOc1ccccc1)c1cccc(S(=O)(=O)N2CCc3ccccc3C2)c1. The molecule has 0 spiro atoms. The van der Waals surface area contributed by atoms with Crippen molar-refractivity contribution in [2.45, 2.75) is 17.9 Å². The fraction of sp³-hybridized carbons (Fsp3) is 0.208. The van der Waals surface area contributed by atoms with Gasteiger partial charge in [0.05, 0.1) is 10.5 Å². The van der Waals surface area contributed by atoms with Crippen molar-refractivity contribution in [1.82, 2.24) is 4.31 Å². The number of sulfonamides is 1. The Balaban J connectivity index is 1.39. The van der Waals surface area contributed by atoms with Crippen LogP contribution in [0.5, 0.6) is 5.75 Å². The molecule has 0 fully saturated rings. The maximum Gasteiger partial charge on any atom is 0.338 e. The Hall–Kier alpha value is -3.16. The van der Waals surface area contributed by atoms with Gasteiger partial charge in [-0.1, -0.05) is 48.5 Å². The third-order valence-electron chi connectivity index (χ3n) is 5.13. The summed E-state index contributed by atoms with van der Waals surface area (Å²) in [5.41, 5.74) is 2.37. The minimum Gasteiger partial charge on any atom is -0.490 e. The maximum absolute atomic E-state index is 13.1. The summed E-state index contributed by atoms with van der Waals surface area (Å²) in [6.45, 7) is 1.00. The van der Waals surface area contributed by atoms with Crippen LogP contribution in [-0.4, -0.2) is 38.5 Å². The molecule has 0 bridgehead atoms. The highest BCUT2D eigenvalue weighted by Gasteiger charge is 2.28. The topological polar surface area (TPSA) is 72.9 Å². The summed E-state index contributed by atoms with van der Waals surface area (Å²) in [7, 11) is -3.72. The van der Waals surface area contributed by atoms with Gasteiger partial charge in [0.25, 0.3) is 0 Å². The predicted molar refractivity (Wildman–Crippen MR) is 116 cm³/mol. The van der Waals surface area contributed by atoms with Crippen LogP contribution in [0.1, 0.15) is 21.5 Å². The van der Waals surface area contributed by atoms with E-state index in [1.54, 1.807) is 12.1 Å². The van der Waals surface area contributed by atoms with Gasteiger partial charge in [-0.2, -0.15) is 4.31 Å². The van der Waals surface area contributed by atoms with E-state index in [0.29, 0.717) is 25.3 Å². The molecule has 3 aromatic rings. The second-order valence-corrected chi connectivity index (χ2v) is 9.12. The lowest BCUT2D eigenvalue weighted by molar-refractivity contribution is 0.0450. The van der Waals surface area contributed by atoms with E-state index in [9.17, 15) is 13.2 Å². The number of esters is 1. The highest BCUT2D eigenvalue weighted by atomic mass is 32.2. The minimum absolute atomic E-state index is 0.0631. The van der Waals surface area contributed by atoms with Crippen LogP contribution in [-0.2, 0) is 27.7 Å². The van der Waals surface area contributed by atoms with Crippen molar-refractivity contribution in [3.05, 3.63) is 95.6 Å². The molecule has 0 radical (unpaired) electrons. The van der Waals surface area contributed by atoms with E-state index >= 15 is 0 Å². The Morgan fingerprint density at radius 3 is 2.42 bits per heavy atom. The molecule has 0 atom stereocenters. The molecule has 1 heterocycles. The van der Waals surface area contributed by atoms with Gasteiger partial charge in [0, 0.05) is 13.1 Å². The molecule has 0 saturated heterocycles. The van der Waals surface area contributed by atoms with Gasteiger partial charge in [0.15, 0.2) is 0 Å². The Morgan fingerprint density at radius 1 is 0.871 bits per heavy atom. The molecule has 6 nitrogen and oxygen atoms in total. The van der Waals surface area contributed by atoms with Gasteiger partial charge in [0.1, 0.15) is 19.0 Å². The summed E-state index contributed by atoms with van der Waals surface area (Å²) < 4.78 is 38.5. The summed E-state index contributed by atoms with van der Waals surface area (Å²) >= 11 is 0. The van der Waals surface area contributed by atoms with Crippen LogP contribution in [0.15, 0.2) is 83.8 Å². The molecule has 0 unspecified atom stereocenters. The fourth-order valence-corrected chi connectivity index (χ4v) is 4.97. The van der Waals surface area contributed by atoms with Crippen molar-refractivity contribution in [2.24, 2.45) is 0 Å². The molecule has 0 amide bonds. The first kappa shape index (κ1) is 21.1. The molecular weight excluding hydrogens is 414 g/mol. The molecule has 0 aromatic heterocycles. The van der Waals surface area contributed by atoms with Crippen LogP contribution in [0.4, 0.5) is 0 Å². The maximum atomic E-state index is 13.1. The quantitative estimate of drug-likeness (QED) is 0.417. The van der Waals surface area contributed by atoms with E-state index < -0.39 is 16.0 Å². The summed E-state index contributed by atoms with van der Waals surface area (Å²) in [4.78, 5) is 12.5. The van der Waals surface area contributed by atoms with E-state index in [0.717, 1.165) is 5.56 Å². The second kappa shape index (κ2) is 9.32. The number of para-hydroxylation sites is 1. The molecule has 1 aliphatic heterocycles. The Bertz CT molecular complexity index is 1160.